The zero-order valence-electron chi connectivity index (χ0n) is 12.6. The van der Waals surface area contributed by atoms with Gasteiger partial charge in [0.2, 0.25) is 0 Å². The molecule has 5 heteroatoms. The number of hydrogen-bond acceptors (Lipinski definition) is 3. The zero-order valence-corrected chi connectivity index (χ0v) is 15.5. The number of halogens is 2. The van der Waals surface area contributed by atoms with E-state index in [9.17, 15) is 0 Å². The Kier molecular flexibility index (Phi) is 4.82. The number of hydrogen-bond donors (Lipinski definition) is 0. The van der Waals surface area contributed by atoms with E-state index in [4.69, 9.17) is 25.5 Å². The van der Waals surface area contributed by atoms with Crippen LogP contribution in [0.4, 0.5) is 0 Å². The summed E-state index contributed by atoms with van der Waals surface area (Å²) in [5.41, 5.74) is 1.87. The van der Waals surface area contributed by atoms with Crippen molar-refractivity contribution in [3.05, 3.63) is 57.1 Å². The van der Waals surface area contributed by atoms with Crippen LogP contribution in [0.1, 0.15) is 0 Å². The third-order valence-corrected chi connectivity index (χ3v) is 5.21. The van der Waals surface area contributed by atoms with Gasteiger partial charge in [0.1, 0.15) is 22.3 Å². The number of benzene rings is 2. The van der Waals surface area contributed by atoms with Crippen molar-refractivity contribution in [3.63, 3.8) is 0 Å². The highest BCUT2D eigenvalue weighted by Gasteiger charge is 2.19. The summed E-state index contributed by atoms with van der Waals surface area (Å²) in [6.07, 6.45) is 0. The molecule has 0 saturated heterocycles. The Hall–Kier alpha value is -1.66. The highest BCUT2D eigenvalue weighted by Crippen LogP contribution is 2.41. The van der Waals surface area contributed by atoms with E-state index in [0.29, 0.717) is 10.8 Å². The number of rotatable bonds is 4. The van der Waals surface area contributed by atoms with E-state index >= 15 is 0 Å². The molecule has 0 aliphatic carbocycles. The van der Waals surface area contributed by atoms with Crippen molar-refractivity contribution in [1.82, 2.24) is 0 Å². The predicted molar refractivity (Wildman–Crippen MR) is 100 cm³/mol. The molecule has 0 N–H and O–H groups in total. The molecule has 0 radical (unpaired) electrons. The first kappa shape index (κ1) is 16.2. The van der Waals surface area contributed by atoms with Crippen molar-refractivity contribution in [2.75, 3.05) is 14.2 Å². The van der Waals surface area contributed by atoms with Crippen LogP contribution < -0.4 is 9.47 Å². The van der Waals surface area contributed by atoms with Gasteiger partial charge in [0.05, 0.1) is 17.8 Å². The molecule has 3 nitrogen and oxygen atoms in total. The highest BCUT2D eigenvalue weighted by molar-refractivity contribution is 14.1. The fourth-order valence-corrected chi connectivity index (χ4v) is 3.15. The van der Waals surface area contributed by atoms with Gasteiger partial charge < -0.3 is 13.9 Å². The zero-order chi connectivity index (χ0) is 16.4. The van der Waals surface area contributed by atoms with Crippen molar-refractivity contribution in [2.45, 2.75) is 0 Å². The minimum Gasteiger partial charge on any atom is -0.497 e. The second-order valence-electron chi connectivity index (χ2n) is 4.85. The van der Waals surface area contributed by atoms with Gasteiger partial charge in [-0.15, -0.1) is 0 Å². The van der Waals surface area contributed by atoms with Gasteiger partial charge in [0.25, 0.3) is 0 Å². The normalized spacial score (nSPS) is 10.6. The van der Waals surface area contributed by atoms with Crippen molar-refractivity contribution in [1.29, 1.82) is 0 Å². The lowest BCUT2D eigenvalue weighted by atomic mass is 10.1. The summed E-state index contributed by atoms with van der Waals surface area (Å²) in [5, 5.41) is 0.613. The standard InChI is InChI=1S/C18H14ClIO3/c1-21-13-7-3-11(4-8-13)17-15(19)16(20)18(23-17)12-5-9-14(22-2)10-6-12/h3-10H,1-2H3. The molecule has 3 aromatic rings. The highest BCUT2D eigenvalue weighted by atomic mass is 127. The third kappa shape index (κ3) is 3.19. The van der Waals surface area contributed by atoms with Gasteiger partial charge in [-0.05, 0) is 71.1 Å². The van der Waals surface area contributed by atoms with Crippen LogP contribution in [-0.4, -0.2) is 14.2 Å². The van der Waals surface area contributed by atoms with E-state index in [-0.39, 0.29) is 0 Å². The molecule has 1 aromatic heterocycles. The van der Waals surface area contributed by atoms with E-state index in [0.717, 1.165) is 32.0 Å². The lowest BCUT2D eigenvalue weighted by Crippen LogP contribution is -1.82. The minimum atomic E-state index is 0.613. The molecule has 1 heterocycles. The topological polar surface area (TPSA) is 31.6 Å². The van der Waals surface area contributed by atoms with Crippen molar-refractivity contribution < 1.29 is 13.9 Å². The van der Waals surface area contributed by atoms with E-state index < -0.39 is 0 Å². The van der Waals surface area contributed by atoms with Gasteiger partial charge in [-0.2, -0.15) is 0 Å². The second-order valence-corrected chi connectivity index (χ2v) is 6.30. The van der Waals surface area contributed by atoms with E-state index in [2.05, 4.69) is 22.6 Å². The number of ether oxygens (including phenoxy) is 2. The molecule has 0 atom stereocenters. The van der Waals surface area contributed by atoms with Crippen LogP contribution in [0, 0.1) is 3.57 Å². The largest absolute Gasteiger partial charge is 0.497 e. The van der Waals surface area contributed by atoms with Crippen LogP contribution in [0.5, 0.6) is 11.5 Å². The molecule has 0 saturated carbocycles. The van der Waals surface area contributed by atoms with Crippen LogP contribution in [-0.2, 0) is 0 Å². The van der Waals surface area contributed by atoms with Gasteiger partial charge in [0.15, 0.2) is 5.76 Å². The SMILES string of the molecule is COc1ccc(-c2oc(-c3ccc(OC)cc3)c(I)c2Cl)cc1. The molecule has 0 amide bonds. The summed E-state index contributed by atoms with van der Waals surface area (Å²) in [4.78, 5) is 0. The average molecular weight is 441 g/mol. The first-order chi connectivity index (χ1) is 11.1. The Morgan fingerprint density at radius 1 is 0.783 bits per heavy atom. The molecule has 0 aliphatic heterocycles. The lowest BCUT2D eigenvalue weighted by Gasteiger charge is -2.02. The van der Waals surface area contributed by atoms with E-state index in [1.165, 1.54) is 0 Å². The average Bonchev–Trinajstić information content (AvgIpc) is 2.91. The molecule has 23 heavy (non-hydrogen) atoms. The van der Waals surface area contributed by atoms with Crippen molar-refractivity contribution >= 4 is 34.2 Å². The van der Waals surface area contributed by atoms with Gasteiger partial charge >= 0.3 is 0 Å². The van der Waals surface area contributed by atoms with Crippen molar-refractivity contribution in [3.8, 4) is 34.1 Å². The van der Waals surface area contributed by atoms with Gasteiger partial charge in [0, 0.05) is 11.1 Å². The summed E-state index contributed by atoms with van der Waals surface area (Å²) in [6.45, 7) is 0. The minimum absolute atomic E-state index is 0.613. The van der Waals surface area contributed by atoms with Crippen LogP contribution in [0.15, 0.2) is 52.9 Å². The molecule has 3 rings (SSSR count). The van der Waals surface area contributed by atoms with Gasteiger partial charge in [-0.1, -0.05) is 11.6 Å². The Labute approximate surface area is 153 Å². The first-order valence-electron chi connectivity index (χ1n) is 6.90. The second kappa shape index (κ2) is 6.84. The first-order valence-corrected chi connectivity index (χ1v) is 8.36. The van der Waals surface area contributed by atoms with Crippen molar-refractivity contribution in [2.24, 2.45) is 0 Å². The quantitative estimate of drug-likeness (QED) is 0.474. The smallest absolute Gasteiger partial charge is 0.154 e. The van der Waals surface area contributed by atoms with Crippen LogP contribution >= 0.6 is 34.2 Å². The van der Waals surface area contributed by atoms with E-state index in [1.807, 2.05) is 48.5 Å². The maximum Gasteiger partial charge on any atom is 0.154 e. The fourth-order valence-electron chi connectivity index (χ4n) is 2.25. The molecule has 0 unspecified atom stereocenters. The molecule has 118 valence electrons. The number of furan rings is 1. The van der Waals surface area contributed by atoms with Gasteiger partial charge in [-0.3, -0.25) is 0 Å². The van der Waals surface area contributed by atoms with Crippen LogP contribution in [0.2, 0.25) is 5.02 Å². The lowest BCUT2D eigenvalue weighted by molar-refractivity contribution is 0.415. The molecule has 2 aromatic carbocycles. The summed E-state index contributed by atoms with van der Waals surface area (Å²) in [5.74, 6) is 3.01. The molecule has 0 aliphatic rings. The summed E-state index contributed by atoms with van der Waals surface area (Å²) < 4.78 is 17.3. The Morgan fingerprint density at radius 2 is 1.22 bits per heavy atom. The van der Waals surface area contributed by atoms with Crippen LogP contribution in [0.3, 0.4) is 0 Å². The van der Waals surface area contributed by atoms with Crippen LogP contribution in [0.25, 0.3) is 22.6 Å². The molecule has 0 fully saturated rings. The maximum absolute atomic E-state index is 6.47. The molecule has 0 spiro atoms. The molecular weight excluding hydrogens is 427 g/mol. The summed E-state index contributed by atoms with van der Waals surface area (Å²) >= 11 is 8.68. The summed E-state index contributed by atoms with van der Waals surface area (Å²) in [7, 11) is 3.28. The maximum atomic E-state index is 6.47. The monoisotopic (exact) mass is 440 g/mol. The van der Waals surface area contributed by atoms with E-state index in [1.54, 1.807) is 14.2 Å². The third-order valence-electron chi connectivity index (χ3n) is 3.50. The molecular formula is C18H14ClIO3. The Morgan fingerprint density at radius 3 is 1.65 bits per heavy atom. The fraction of sp³-hybridized carbons (Fsp3) is 0.111. The van der Waals surface area contributed by atoms with Gasteiger partial charge in [-0.25, -0.2) is 0 Å². The Balaban J connectivity index is 2.03. The number of methoxy groups -OCH3 is 2. The predicted octanol–water partition coefficient (Wildman–Crippen LogP) is 5.89. The molecule has 0 bridgehead atoms. The Bertz CT molecular complexity index is 740. The summed E-state index contributed by atoms with van der Waals surface area (Å²) in [6, 6.07) is 15.3.